The van der Waals surface area contributed by atoms with Gasteiger partial charge < -0.3 is 4.52 Å². The first-order valence-corrected chi connectivity index (χ1v) is 10.6. The third kappa shape index (κ3) is 3.47. The number of benzene rings is 3. The molecular weight excluding hydrogens is 421 g/mol. The molecule has 0 aliphatic heterocycles. The van der Waals surface area contributed by atoms with Gasteiger partial charge in [-0.05, 0) is 54.6 Å². The fourth-order valence-corrected chi connectivity index (χ4v) is 3.85. The minimum absolute atomic E-state index is 0.0551. The molecule has 154 valence electrons. The number of aromatic nitrogens is 4. The number of rotatable bonds is 4. The van der Waals surface area contributed by atoms with Crippen LogP contribution in [0.3, 0.4) is 0 Å². The molecule has 0 aliphatic carbocycles. The van der Waals surface area contributed by atoms with Crippen molar-refractivity contribution < 1.29 is 17.3 Å². The number of hydrogen-bond acceptors (Lipinski definition) is 6. The molecular formula is C21H14FN5O3S. The lowest BCUT2D eigenvalue weighted by Crippen LogP contribution is -2.13. The average molecular weight is 435 g/mol. The topological polar surface area (TPSA) is 117 Å². The highest BCUT2D eigenvalue weighted by atomic mass is 32.2. The predicted molar refractivity (Wildman–Crippen MR) is 111 cm³/mol. The molecule has 31 heavy (non-hydrogen) atoms. The van der Waals surface area contributed by atoms with Gasteiger partial charge in [-0.25, -0.2) is 22.9 Å². The van der Waals surface area contributed by atoms with E-state index in [1.165, 1.54) is 6.07 Å². The van der Waals surface area contributed by atoms with Crippen molar-refractivity contribution in [1.29, 1.82) is 0 Å². The van der Waals surface area contributed by atoms with Crippen LogP contribution in [0.2, 0.25) is 0 Å². The van der Waals surface area contributed by atoms with Crippen molar-refractivity contribution in [1.82, 2.24) is 19.7 Å². The molecule has 10 heteroatoms. The second-order valence-corrected chi connectivity index (χ2v) is 8.29. The number of nitrogens with two attached hydrogens (primary N) is 1. The van der Waals surface area contributed by atoms with E-state index in [9.17, 15) is 12.8 Å². The molecule has 0 unspecified atom stereocenters. The molecule has 5 rings (SSSR count). The van der Waals surface area contributed by atoms with Gasteiger partial charge in [0.15, 0.2) is 0 Å². The number of nitrogens with zero attached hydrogens (tertiary/aromatic N) is 4. The standard InChI is InChI=1S/C21H14FN5O3S/c22-16-11-14(7-10-19(16)31(23,28)29)21-25-20(26-30-21)13-5-8-15(9-6-13)27-12-24-17-3-1-2-4-18(17)27/h1-12H,(H2,23,28,29). The molecule has 0 saturated carbocycles. The second-order valence-electron chi connectivity index (χ2n) is 6.76. The fourth-order valence-electron chi connectivity index (χ4n) is 3.26. The lowest BCUT2D eigenvalue weighted by Gasteiger charge is -2.04. The quantitative estimate of drug-likeness (QED) is 0.462. The number of fused-ring (bicyclic) bond motifs is 1. The first kappa shape index (κ1) is 19.1. The van der Waals surface area contributed by atoms with Gasteiger partial charge in [0.1, 0.15) is 17.0 Å². The number of hydrogen-bond donors (Lipinski definition) is 1. The van der Waals surface area contributed by atoms with Crippen molar-refractivity contribution in [2.75, 3.05) is 0 Å². The van der Waals surface area contributed by atoms with Crippen molar-refractivity contribution in [3.8, 4) is 28.5 Å². The van der Waals surface area contributed by atoms with Crippen LogP contribution in [0, 0.1) is 5.82 Å². The molecule has 0 atom stereocenters. The highest BCUT2D eigenvalue weighted by Gasteiger charge is 2.18. The highest BCUT2D eigenvalue weighted by molar-refractivity contribution is 7.89. The molecule has 0 spiro atoms. The summed E-state index contributed by atoms with van der Waals surface area (Å²) >= 11 is 0. The summed E-state index contributed by atoms with van der Waals surface area (Å²) in [5, 5.41) is 8.91. The van der Waals surface area contributed by atoms with E-state index in [1.54, 1.807) is 6.33 Å². The second kappa shape index (κ2) is 7.11. The van der Waals surface area contributed by atoms with Crippen molar-refractivity contribution in [3.63, 3.8) is 0 Å². The Bertz CT molecular complexity index is 1520. The Hall–Kier alpha value is -3.89. The SMILES string of the molecule is NS(=O)(=O)c1ccc(-c2nc(-c3ccc(-n4cnc5ccccc54)cc3)no2)cc1F. The van der Waals surface area contributed by atoms with E-state index in [0.29, 0.717) is 11.4 Å². The number of primary sulfonamides is 1. The van der Waals surface area contributed by atoms with Gasteiger partial charge in [-0.3, -0.25) is 4.57 Å². The Balaban J connectivity index is 1.44. The highest BCUT2D eigenvalue weighted by Crippen LogP contribution is 2.26. The molecule has 0 fully saturated rings. The smallest absolute Gasteiger partial charge is 0.258 e. The van der Waals surface area contributed by atoms with Crippen molar-refractivity contribution >= 4 is 21.1 Å². The molecule has 8 nitrogen and oxygen atoms in total. The normalized spacial score (nSPS) is 11.8. The van der Waals surface area contributed by atoms with E-state index in [2.05, 4.69) is 15.1 Å². The van der Waals surface area contributed by atoms with Crippen LogP contribution < -0.4 is 5.14 Å². The van der Waals surface area contributed by atoms with Crippen LogP contribution in [0.1, 0.15) is 0 Å². The van der Waals surface area contributed by atoms with Crippen LogP contribution in [-0.2, 0) is 10.0 Å². The number of imidazole rings is 1. The molecule has 5 aromatic rings. The third-order valence-corrected chi connectivity index (χ3v) is 5.71. The largest absolute Gasteiger partial charge is 0.334 e. The maximum atomic E-state index is 14.1. The first-order chi connectivity index (χ1) is 14.9. The predicted octanol–water partition coefficient (Wildman–Crippen LogP) is 3.53. The maximum absolute atomic E-state index is 14.1. The minimum atomic E-state index is -4.15. The summed E-state index contributed by atoms with van der Waals surface area (Å²) < 4.78 is 44.0. The van der Waals surface area contributed by atoms with E-state index >= 15 is 0 Å². The molecule has 0 bridgehead atoms. The van der Waals surface area contributed by atoms with E-state index in [4.69, 9.17) is 9.66 Å². The Morgan fingerprint density at radius 2 is 1.71 bits per heavy atom. The molecule has 2 aromatic heterocycles. The summed E-state index contributed by atoms with van der Waals surface area (Å²) in [7, 11) is -4.15. The van der Waals surface area contributed by atoms with Crippen LogP contribution in [0.25, 0.3) is 39.6 Å². The van der Waals surface area contributed by atoms with Gasteiger partial charge in [-0.2, -0.15) is 4.98 Å². The van der Waals surface area contributed by atoms with E-state index < -0.39 is 20.7 Å². The summed E-state index contributed by atoms with van der Waals surface area (Å²) in [6.45, 7) is 0. The Morgan fingerprint density at radius 1 is 0.968 bits per heavy atom. The number of para-hydroxylation sites is 2. The fraction of sp³-hybridized carbons (Fsp3) is 0. The molecule has 3 aromatic carbocycles. The van der Waals surface area contributed by atoms with E-state index in [-0.39, 0.29) is 11.5 Å². The van der Waals surface area contributed by atoms with Gasteiger partial charge >= 0.3 is 0 Å². The Kier molecular flexibility index (Phi) is 4.38. The molecule has 0 amide bonds. The monoisotopic (exact) mass is 435 g/mol. The van der Waals surface area contributed by atoms with Gasteiger partial charge in [-0.1, -0.05) is 17.3 Å². The zero-order valence-electron chi connectivity index (χ0n) is 15.8. The van der Waals surface area contributed by atoms with Crippen LogP contribution in [0.5, 0.6) is 0 Å². The van der Waals surface area contributed by atoms with Crippen molar-refractivity contribution in [2.45, 2.75) is 4.90 Å². The third-order valence-electron chi connectivity index (χ3n) is 4.77. The van der Waals surface area contributed by atoms with Crippen molar-refractivity contribution in [2.24, 2.45) is 5.14 Å². The summed E-state index contributed by atoms with van der Waals surface area (Å²) in [5.41, 5.74) is 3.74. The van der Waals surface area contributed by atoms with Gasteiger partial charge in [0.2, 0.25) is 15.8 Å². The Morgan fingerprint density at radius 3 is 2.45 bits per heavy atom. The summed E-state index contributed by atoms with van der Waals surface area (Å²) in [6.07, 6.45) is 1.76. The summed E-state index contributed by atoms with van der Waals surface area (Å²) in [6, 6.07) is 18.7. The van der Waals surface area contributed by atoms with Crippen LogP contribution in [0.15, 0.2) is 82.5 Å². The molecule has 0 aliphatic rings. The number of halogens is 1. The van der Waals surface area contributed by atoms with Crippen LogP contribution >= 0.6 is 0 Å². The van der Waals surface area contributed by atoms with E-state index in [1.807, 2.05) is 53.1 Å². The van der Waals surface area contributed by atoms with Gasteiger partial charge in [0.25, 0.3) is 5.89 Å². The van der Waals surface area contributed by atoms with Gasteiger partial charge in [-0.15, -0.1) is 0 Å². The van der Waals surface area contributed by atoms with E-state index in [0.717, 1.165) is 28.9 Å². The maximum Gasteiger partial charge on any atom is 0.258 e. The number of sulfonamides is 1. The van der Waals surface area contributed by atoms with Gasteiger partial charge in [0.05, 0.1) is 11.0 Å². The van der Waals surface area contributed by atoms with Crippen LogP contribution in [0.4, 0.5) is 4.39 Å². The lowest BCUT2D eigenvalue weighted by atomic mass is 10.2. The van der Waals surface area contributed by atoms with Crippen molar-refractivity contribution in [3.05, 3.63) is 78.9 Å². The zero-order chi connectivity index (χ0) is 21.6. The van der Waals surface area contributed by atoms with Gasteiger partial charge in [0, 0.05) is 16.8 Å². The molecule has 0 saturated heterocycles. The van der Waals surface area contributed by atoms with Crippen LogP contribution in [-0.4, -0.2) is 28.1 Å². The zero-order valence-corrected chi connectivity index (χ0v) is 16.6. The molecule has 2 heterocycles. The molecule has 0 radical (unpaired) electrons. The minimum Gasteiger partial charge on any atom is -0.334 e. The average Bonchev–Trinajstić information content (AvgIpc) is 3.41. The Labute approximate surface area is 175 Å². The lowest BCUT2D eigenvalue weighted by molar-refractivity contribution is 0.432. The summed E-state index contributed by atoms with van der Waals surface area (Å²) in [4.78, 5) is 8.07. The molecule has 2 N–H and O–H groups in total. The summed E-state index contributed by atoms with van der Waals surface area (Å²) in [5.74, 6) is -0.621. The first-order valence-electron chi connectivity index (χ1n) is 9.09.